The summed E-state index contributed by atoms with van der Waals surface area (Å²) in [6, 6.07) is 0. The Morgan fingerprint density at radius 3 is 2.44 bits per heavy atom. The van der Waals surface area contributed by atoms with Crippen LogP contribution in [0.2, 0.25) is 0 Å². The molecular formula is C7H10OS. The third-order valence-corrected chi connectivity index (χ3v) is 1.89. The van der Waals surface area contributed by atoms with Crippen molar-refractivity contribution in [3.63, 3.8) is 0 Å². The molecule has 0 aliphatic carbocycles. The second-order valence-electron chi connectivity index (χ2n) is 1.48. The summed E-state index contributed by atoms with van der Waals surface area (Å²) in [6.07, 6.45) is 3.31. The van der Waals surface area contributed by atoms with Crippen LogP contribution in [0.3, 0.4) is 0 Å². The molecule has 0 N–H and O–H groups in total. The maximum Gasteiger partial charge on any atom is 0.0725 e. The molecular weight excluding hydrogens is 132 g/mol. The van der Waals surface area contributed by atoms with Gasteiger partial charge in [-0.05, 0) is 12.3 Å². The normalized spacial score (nSPS) is 14.6. The van der Waals surface area contributed by atoms with Crippen molar-refractivity contribution in [2.24, 2.45) is 0 Å². The summed E-state index contributed by atoms with van der Waals surface area (Å²) < 4.78 is 10.8. The van der Waals surface area contributed by atoms with Crippen LogP contribution in [0.1, 0.15) is 6.92 Å². The van der Waals surface area contributed by atoms with Crippen molar-refractivity contribution in [2.45, 2.75) is 6.92 Å². The standard InChI is InChI=1S/C7H10OS/c1-4-6-7(3)9(8)5-2/h4-6H,1-2H2,3H3. The smallest absolute Gasteiger partial charge is 0.0725 e. The lowest BCUT2D eigenvalue weighted by Gasteiger charge is -1.89. The first-order chi connectivity index (χ1) is 4.22. The van der Waals surface area contributed by atoms with E-state index < -0.39 is 10.8 Å². The van der Waals surface area contributed by atoms with Crippen molar-refractivity contribution in [2.75, 3.05) is 0 Å². The van der Waals surface area contributed by atoms with Crippen LogP contribution in [0.25, 0.3) is 0 Å². The van der Waals surface area contributed by atoms with E-state index >= 15 is 0 Å². The lowest BCUT2D eigenvalue weighted by molar-refractivity contribution is 0.691. The van der Waals surface area contributed by atoms with Gasteiger partial charge in [-0.25, -0.2) is 0 Å². The number of rotatable bonds is 3. The van der Waals surface area contributed by atoms with Gasteiger partial charge in [0.25, 0.3) is 0 Å². The van der Waals surface area contributed by atoms with Crippen molar-refractivity contribution >= 4 is 10.8 Å². The molecule has 0 aromatic heterocycles. The van der Waals surface area contributed by atoms with E-state index in [0.717, 1.165) is 4.91 Å². The second-order valence-corrected chi connectivity index (χ2v) is 3.05. The Bertz CT molecular complexity index is 168. The number of hydrogen-bond donors (Lipinski definition) is 0. The van der Waals surface area contributed by atoms with Gasteiger partial charge in [0, 0.05) is 4.91 Å². The Morgan fingerprint density at radius 2 is 2.11 bits per heavy atom. The van der Waals surface area contributed by atoms with Crippen LogP contribution in [0, 0.1) is 0 Å². The van der Waals surface area contributed by atoms with Crippen LogP contribution in [0.5, 0.6) is 0 Å². The Hall–Kier alpha value is -0.630. The molecule has 0 amide bonds. The van der Waals surface area contributed by atoms with Gasteiger partial charge in [0.2, 0.25) is 0 Å². The van der Waals surface area contributed by atoms with Crippen LogP contribution >= 0.6 is 0 Å². The quantitative estimate of drug-likeness (QED) is 0.550. The monoisotopic (exact) mass is 142 g/mol. The van der Waals surface area contributed by atoms with E-state index in [2.05, 4.69) is 13.2 Å². The van der Waals surface area contributed by atoms with Gasteiger partial charge in [0.1, 0.15) is 0 Å². The SMILES string of the molecule is C=CC=C(C)S(=O)C=C. The fraction of sp³-hybridized carbons (Fsp3) is 0.143. The van der Waals surface area contributed by atoms with Gasteiger partial charge in [-0.1, -0.05) is 25.3 Å². The largest absolute Gasteiger partial charge is 0.250 e. The van der Waals surface area contributed by atoms with Crippen LogP contribution in [-0.2, 0) is 10.8 Å². The van der Waals surface area contributed by atoms with Gasteiger partial charge in [-0.3, -0.25) is 4.21 Å². The van der Waals surface area contributed by atoms with E-state index in [1.165, 1.54) is 5.41 Å². The molecule has 0 spiro atoms. The Kier molecular flexibility index (Phi) is 3.97. The van der Waals surface area contributed by atoms with Crippen LogP contribution in [-0.4, -0.2) is 4.21 Å². The lowest BCUT2D eigenvalue weighted by atomic mass is 10.5. The van der Waals surface area contributed by atoms with E-state index in [4.69, 9.17) is 0 Å². The van der Waals surface area contributed by atoms with Gasteiger partial charge in [0.15, 0.2) is 0 Å². The summed E-state index contributed by atoms with van der Waals surface area (Å²) in [5.41, 5.74) is 0. The Labute approximate surface area is 58.2 Å². The highest BCUT2D eigenvalue weighted by molar-refractivity contribution is 7.91. The molecule has 0 radical (unpaired) electrons. The highest BCUT2D eigenvalue weighted by Gasteiger charge is 1.91. The van der Waals surface area contributed by atoms with Gasteiger partial charge in [-0.2, -0.15) is 0 Å². The zero-order valence-corrected chi connectivity index (χ0v) is 6.28. The van der Waals surface area contributed by atoms with Crippen molar-refractivity contribution in [3.05, 3.63) is 35.6 Å². The van der Waals surface area contributed by atoms with Gasteiger partial charge >= 0.3 is 0 Å². The first kappa shape index (κ1) is 8.37. The first-order valence-corrected chi connectivity index (χ1v) is 3.76. The molecule has 9 heavy (non-hydrogen) atoms. The third-order valence-electron chi connectivity index (χ3n) is 0.821. The van der Waals surface area contributed by atoms with Crippen LogP contribution < -0.4 is 0 Å². The average Bonchev–Trinajstić information content (AvgIpc) is 1.87. The fourth-order valence-electron chi connectivity index (χ4n) is 0.364. The minimum Gasteiger partial charge on any atom is -0.250 e. The molecule has 1 atom stereocenters. The minimum atomic E-state index is -1.02. The van der Waals surface area contributed by atoms with Gasteiger partial charge < -0.3 is 0 Å². The zero-order chi connectivity index (χ0) is 7.28. The molecule has 0 aliphatic heterocycles. The highest BCUT2D eigenvalue weighted by atomic mass is 32.2. The number of hydrogen-bond acceptors (Lipinski definition) is 1. The summed E-state index contributed by atoms with van der Waals surface area (Å²) in [4.78, 5) is 0.778. The molecule has 0 aromatic rings. The second kappa shape index (κ2) is 4.27. The highest BCUT2D eigenvalue weighted by Crippen LogP contribution is 2.00. The predicted molar refractivity (Wildman–Crippen MR) is 42.3 cm³/mol. The molecule has 0 bridgehead atoms. The molecule has 0 heterocycles. The minimum absolute atomic E-state index is 0.778. The summed E-state index contributed by atoms with van der Waals surface area (Å²) in [7, 11) is -1.02. The van der Waals surface area contributed by atoms with Gasteiger partial charge in [-0.15, -0.1) is 0 Å². The molecule has 2 heteroatoms. The zero-order valence-electron chi connectivity index (χ0n) is 5.46. The fourth-order valence-corrected chi connectivity index (χ4v) is 0.858. The predicted octanol–water partition coefficient (Wildman–Crippen LogP) is 1.97. The van der Waals surface area contributed by atoms with E-state index in [9.17, 15) is 4.21 Å². The van der Waals surface area contributed by atoms with Crippen molar-refractivity contribution in [1.29, 1.82) is 0 Å². The van der Waals surface area contributed by atoms with Crippen LogP contribution in [0.4, 0.5) is 0 Å². The molecule has 50 valence electrons. The topological polar surface area (TPSA) is 17.1 Å². The van der Waals surface area contributed by atoms with Crippen molar-refractivity contribution in [3.8, 4) is 0 Å². The van der Waals surface area contributed by atoms with E-state index in [0.29, 0.717) is 0 Å². The first-order valence-electron chi connectivity index (χ1n) is 2.54. The maximum atomic E-state index is 10.8. The van der Waals surface area contributed by atoms with Gasteiger partial charge in [0.05, 0.1) is 10.8 Å². The van der Waals surface area contributed by atoms with E-state index in [1.54, 1.807) is 19.1 Å². The number of allylic oxidation sites excluding steroid dienone is 3. The summed E-state index contributed by atoms with van der Waals surface area (Å²) in [5, 5.41) is 1.40. The summed E-state index contributed by atoms with van der Waals surface area (Å²) in [5.74, 6) is 0. The molecule has 1 unspecified atom stereocenters. The molecule has 0 fully saturated rings. The van der Waals surface area contributed by atoms with E-state index in [-0.39, 0.29) is 0 Å². The summed E-state index contributed by atoms with van der Waals surface area (Å²) >= 11 is 0. The molecule has 0 saturated carbocycles. The Morgan fingerprint density at radius 1 is 1.56 bits per heavy atom. The molecule has 0 saturated heterocycles. The molecule has 1 nitrogen and oxygen atoms in total. The summed E-state index contributed by atoms with van der Waals surface area (Å²) in [6.45, 7) is 8.64. The lowest BCUT2D eigenvalue weighted by Crippen LogP contribution is -1.82. The third kappa shape index (κ3) is 3.03. The van der Waals surface area contributed by atoms with Crippen molar-refractivity contribution in [1.82, 2.24) is 0 Å². The van der Waals surface area contributed by atoms with Crippen molar-refractivity contribution < 1.29 is 4.21 Å². The molecule has 0 rings (SSSR count). The maximum absolute atomic E-state index is 10.8. The average molecular weight is 142 g/mol. The molecule has 0 aromatic carbocycles. The van der Waals surface area contributed by atoms with E-state index in [1.807, 2.05) is 0 Å². The Balaban J connectivity index is 4.18. The molecule has 0 aliphatic rings. The van der Waals surface area contributed by atoms with Crippen LogP contribution in [0.15, 0.2) is 35.6 Å².